The van der Waals surface area contributed by atoms with E-state index in [0.717, 1.165) is 6.07 Å². The van der Waals surface area contributed by atoms with Crippen molar-refractivity contribution in [2.75, 3.05) is 16.8 Å². The Hall–Kier alpha value is -1.61. The molecule has 3 rings (SSSR count). The van der Waals surface area contributed by atoms with Crippen molar-refractivity contribution in [3.05, 3.63) is 58.1 Å². The molecule has 1 fully saturated rings. The van der Waals surface area contributed by atoms with Gasteiger partial charge < -0.3 is 5.32 Å². The summed E-state index contributed by atoms with van der Waals surface area (Å²) in [6.07, 6.45) is 0.0362. The molecule has 0 aromatic heterocycles. The zero-order chi connectivity index (χ0) is 19.8. The molecule has 1 N–H and O–H groups in total. The molecule has 27 heavy (non-hydrogen) atoms. The summed E-state index contributed by atoms with van der Waals surface area (Å²) >= 11 is 12.1. The first kappa shape index (κ1) is 20.1. The zero-order valence-corrected chi connectivity index (χ0v) is 17.0. The molecule has 1 heterocycles. The second-order valence-electron chi connectivity index (χ2n) is 6.15. The molecule has 2 aromatic rings. The maximum atomic E-state index is 12.8. The molecule has 0 spiro atoms. The summed E-state index contributed by atoms with van der Waals surface area (Å²) in [5.41, 5.74) is 0.314. The van der Waals surface area contributed by atoms with E-state index in [0.29, 0.717) is 10.7 Å². The minimum Gasteiger partial charge on any atom is -0.321 e. The Balaban J connectivity index is 1.93. The number of anilines is 1. The smallest absolute Gasteiger partial charge is 0.257 e. The number of para-hydroxylation sites is 1. The molecule has 1 amide bonds. The number of sulfone groups is 2. The fourth-order valence-corrected chi connectivity index (χ4v) is 7.58. The van der Waals surface area contributed by atoms with Crippen molar-refractivity contribution >= 4 is 54.5 Å². The van der Waals surface area contributed by atoms with E-state index in [-0.39, 0.29) is 27.7 Å². The number of hydrogen-bond acceptors (Lipinski definition) is 5. The molecule has 1 saturated heterocycles. The SMILES string of the molecule is O=C(Nc1ccccc1Cl)c1cc(S(=O)(=O)C2CCS(=O)(=O)C2)ccc1Cl. The standard InChI is InChI=1S/C17H15Cl2NO5S2/c18-14-6-5-11(27(24,25)12-7-8-26(22,23)10-12)9-13(14)17(21)20-16-4-2-1-3-15(16)19/h1-6,9,12H,7-8,10H2,(H,20,21). The predicted octanol–water partition coefficient (Wildman–Crippen LogP) is 3.21. The minimum atomic E-state index is -3.91. The summed E-state index contributed by atoms with van der Waals surface area (Å²) in [6.45, 7) is 0. The van der Waals surface area contributed by atoms with E-state index < -0.39 is 36.6 Å². The highest BCUT2D eigenvalue weighted by Crippen LogP contribution is 2.29. The molecule has 10 heteroatoms. The molecule has 2 aromatic carbocycles. The van der Waals surface area contributed by atoms with Crippen LogP contribution in [-0.2, 0) is 19.7 Å². The Bertz CT molecular complexity index is 1110. The molecule has 0 saturated carbocycles. The molecular weight excluding hydrogens is 433 g/mol. The summed E-state index contributed by atoms with van der Waals surface area (Å²) in [4.78, 5) is 12.4. The van der Waals surface area contributed by atoms with Gasteiger partial charge in [-0.2, -0.15) is 0 Å². The highest BCUT2D eigenvalue weighted by Gasteiger charge is 2.38. The van der Waals surface area contributed by atoms with Gasteiger partial charge in [-0.3, -0.25) is 4.79 Å². The molecular formula is C17H15Cl2NO5S2. The molecule has 1 aliphatic rings. The van der Waals surface area contributed by atoms with E-state index in [1.54, 1.807) is 24.3 Å². The summed E-state index contributed by atoms with van der Waals surface area (Å²) in [5, 5.41) is 1.95. The average molecular weight is 448 g/mol. The maximum absolute atomic E-state index is 12.8. The normalized spacial score (nSPS) is 19.0. The number of rotatable bonds is 4. The van der Waals surface area contributed by atoms with Crippen LogP contribution in [0.5, 0.6) is 0 Å². The second kappa shape index (κ2) is 7.43. The van der Waals surface area contributed by atoms with Crippen molar-refractivity contribution in [1.82, 2.24) is 0 Å². The topological polar surface area (TPSA) is 97.4 Å². The van der Waals surface area contributed by atoms with Crippen molar-refractivity contribution in [2.45, 2.75) is 16.6 Å². The Labute approximate surface area is 167 Å². The van der Waals surface area contributed by atoms with Gasteiger partial charge in [0.2, 0.25) is 0 Å². The molecule has 0 bridgehead atoms. The second-order valence-corrected chi connectivity index (χ2v) is 11.4. The van der Waals surface area contributed by atoms with Gasteiger partial charge in [-0.15, -0.1) is 0 Å². The van der Waals surface area contributed by atoms with E-state index in [9.17, 15) is 21.6 Å². The minimum absolute atomic E-state index is 0.0362. The van der Waals surface area contributed by atoms with Gasteiger partial charge in [0.1, 0.15) is 0 Å². The van der Waals surface area contributed by atoms with Crippen LogP contribution in [0.4, 0.5) is 5.69 Å². The van der Waals surface area contributed by atoms with Crippen LogP contribution in [0.1, 0.15) is 16.8 Å². The largest absolute Gasteiger partial charge is 0.321 e. The van der Waals surface area contributed by atoms with Gasteiger partial charge in [0.25, 0.3) is 5.91 Å². The monoisotopic (exact) mass is 447 g/mol. The lowest BCUT2D eigenvalue weighted by molar-refractivity contribution is 0.102. The van der Waals surface area contributed by atoms with E-state index in [1.807, 2.05) is 0 Å². The van der Waals surface area contributed by atoms with Gasteiger partial charge in [-0.25, -0.2) is 16.8 Å². The first-order valence-electron chi connectivity index (χ1n) is 7.90. The number of carbonyl (C=O) groups excluding carboxylic acids is 1. The third kappa shape index (κ3) is 4.29. The zero-order valence-electron chi connectivity index (χ0n) is 13.9. The molecule has 1 aliphatic heterocycles. The highest BCUT2D eigenvalue weighted by atomic mass is 35.5. The predicted molar refractivity (Wildman–Crippen MR) is 105 cm³/mol. The van der Waals surface area contributed by atoms with Crippen molar-refractivity contribution < 1.29 is 21.6 Å². The van der Waals surface area contributed by atoms with Gasteiger partial charge in [0.15, 0.2) is 19.7 Å². The Morgan fingerprint density at radius 3 is 2.41 bits per heavy atom. The summed E-state index contributed by atoms with van der Waals surface area (Å²) < 4.78 is 48.8. The molecule has 0 aliphatic carbocycles. The van der Waals surface area contributed by atoms with Crippen LogP contribution < -0.4 is 5.32 Å². The Kier molecular flexibility index (Phi) is 5.54. The molecule has 1 unspecified atom stereocenters. The van der Waals surface area contributed by atoms with Crippen LogP contribution in [0.3, 0.4) is 0 Å². The van der Waals surface area contributed by atoms with E-state index in [4.69, 9.17) is 23.2 Å². The van der Waals surface area contributed by atoms with Crippen LogP contribution in [0.2, 0.25) is 10.0 Å². The van der Waals surface area contributed by atoms with Crippen LogP contribution >= 0.6 is 23.2 Å². The van der Waals surface area contributed by atoms with Crippen LogP contribution in [0, 0.1) is 0 Å². The summed E-state index contributed by atoms with van der Waals surface area (Å²) in [6, 6.07) is 10.3. The quantitative estimate of drug-likeness (QED) is 0.775. The van der Waals surface area contributed by atoms with Gasteiger partial charge in [-0.05, 0) is 36.8 Å². The van der Waals surface area contributed by atoms with Gasteiger partial charge in [-0.1, -0.05) is 35.3 Å². The lowest BCUT2D eigenvalue weighted by atomic mass is 10.2. The molecule has 1 atom stereocenters. The van der Waals surface area contributed by atoms with Crippen molar-refractivity contribution in [3.63, 3.8) is 0 Å². The van der Waals surface area contributed by atoms with E-state index in [2.05, 4.69) is 5.32 Å². The van der Waals surface area contributed by atoms with E-state index >= 15 is 0 Å². The number of nitrogens with one attached hydrogen (secondary N) is 1. The number of hydrogen-bond donors (Lipinski definition) is 1. The van der Waals surface area contributed by atoms with E-state index in [1.165, 1.54) is 12.1 Å². The van der Waals surface area contributed by atoms with Gasteiger partial charge in [0, 0.05) is 0 Å². The number of benzene rings is 2. The third-order valence-corrected chi connectivity index (χ3v) is 9.09. The summed E-state index contributed by atoms with van der Waals surface area (Å²) in [7, 11) is -7.27. The molecule has 0 radical (unpaired) electrons. The first-order chi connectivity index (χ1) is 12.6. The third-order valence-electron chi connectivity index (χ3n) is 4.26. The number of carbonyl (C=O) groups is 1. The first-order valence-corrected chi connectivity index (χ1v) is 12.0. The Morgan fingerprint density at radius 1 is 1.07 bits per heavy atom. The van der Waals surface area contributed by atoms with Crippen LogP contribution in [-0.4, -0.2) is 39.5 Å². The fourth-order valence-electron chi connectivity index (χ4n) is 2.81. The summed E-state index contributed by atoms with van der Waals surface area (Å²) in [5.74, 6) is -1.20. The maximum Gasteiger partial charge on any atom is 0.257 e. The number of halogens is 2. The number of amides is 1. The Morgan fingerprint density at radius 2 is 1.78 bits per heavy atom. The average Bonchev–Trinajstić information content (AvgIpc) is 2.98. The lowest BCUT2D eigenvalue weighted by Gasteiger charge is -2.13. The molecule has 6 nitrogen and oxygen atoms in total. The fraction of sp³-hybridized carbons (Fsp3) is 0.235. The lowest BCUT2D eigenvalue weighted by Crippen LogP contribution is -2.23. The van der Waals surface area contributed by atoms with Crippen molar-refractivity contribution in [3.8, 4) is 0 Å². The van der Waals surface area contributed by atoms with Crippen molar-refractivity contribution in [1.29, 1.82) is 0 Å². The highest BCUT2D eigenvalue weighted by molar-refractivity contribution is 7.96. The van der Waals surface area contributed by atoms with Gasteiger partial charge >= 0.3 is 0 Å². The van der Waals surface area contributed by atoms with Gasteiger partial charge in [0.05, 0.1) is 42.9 Å². The van der Waals surface area contributed by atoms with Crippen LogP contribution in [0.15, 0.2) is 47.4 Å². The molecule has 144 valence electrons. The van der Waals surface area contributed by atoms with Crippen molar-refractivity contribution in [2.24, 2.45) is 0 Å². The van der Waals surface area contributed by atoms with Crippen LogP contribution in [0.25, 0.3) is 0 Å².